The molecule has 0 saturated heterocycles. The number of rotatable bonds is 4. The fourth-order valence-corrected chi connectivity index (χ4v) is 4.88. The Morgan fingerprint density at radius 3 is 1.35 bits per heavy atom. The zero-order valence-corrected chi connectivity index (χ0v) is 20.1. The first-order valence-corrected chi connectivity index (χ1v) is 11.9. The molecule has 4 aliphatic heterocycles. The quantitative estimate of drug-likeness (QED) is 0.273. The highest BCUT2D eigenvalue weighted by atomic mass is 16.6. The summed E-state index contributed by atoms with van der Waals surface area (Å²) in [5, 5.41) is 34.1. The van der Waals surface area contributed by atoms with Gasteiger partial charge >= 0.3 is 0 Å². The van der Waals surface area contributed by atoms with Crippen molar-refractivity contribution in [2.24, 2.45) is 0 Å². The molecular formula is C26H16N6O8. The standard InChI is InChI=1S/C26H16N6O8/c33-21-19-25(29-17-9-13(31(35)36)5-7-15(17)27-19)39-23(21)11-1-2-12(4-3-11)24-22(34)20-26(40-24)30-18-10-14(32(37)38)6-8-16(18)28-20/h1-10,23-24,27-30H/t23-,24+. The third-order valence-electron chi connectivity index (χ3n) is 6.88. The molecule has 0 radical (unpaired) electrons. The van der Waals surface area contributed by atoms with E-state index in [1.54, 1.807) is 24.3 Å². The largest absolute Gasteiger partial charge is 0.461 e. The number of Topliss-reactive ketones (excluding diaryl/α,β-unsaturated/α-hetero) is 2. The van der Waals surface area contributed by atoms with E-state index in [0.29, 0.717) is 33.9 Å². The summed E-state index contributed by atoms with van der Waals surface area (Å²) in [6.45, 7) is 0. The van der Waals surface area contributed by atoms with Gasteiger partial charge in [-0.05, 0) is 12.1 Å². The van der Waals surface area contributed by atoms with Crippen molar-refractivity contribution < 1.29 is 28.9 Å². The Labute approximate surface area is 223 Å². The first kappa shape index (κ1) is 23.2. The second-order valence-corrected chi connectivity index (χ2v) is 9.27. The van der Waals surface area contributed by atoms with Crippen molar-refractivity contribution in [2.75, 3.05) is 21.3 Å². The second kappa shape index (κ2) is 8.29. The molecule has 0 saturated carbocycles. The fourth-order valence-electron chi connectivity index (χ4n) is 4.88. The van der Waals surface area contributed by atoms with Crippen LogP contribution in [0.3, 0.4) is 0 Å². The Morgan fingerprint density at radius 2 is 0.975 bits per heavy atom. The van der Waals surface area contributed by atoms with Gasteiger partial charge in [0.15, 0.2) is 12.2 Å². The number of carbonyl (C=O) groups is 2. The van der Waals surface area contributed by atoms with E-state index in [1.807, 2.05) is 0 Å². The molecule has 40 heavy (non-hydrogen) atoms. The lowest BCUT2D eigenvalue weighted by Gasteiger charge is -2.19. The van der Waals surface area contributed by atoms with Gasteiger partial charge in [-0.15, -0.1) is 0 Å². The van der Waals surface area contributed by atoms with Crippen LogP contribution < -0.4 is 21.3 Å². The molecule has 0 unspecified atom stereocenters. The number of anilines is 4. The molecule has 3 aromatic carbocycles. The van der Waals surface area contributed by atoms with Gasteiger partial charge in [0, 0.05) is 35.4 Å². The molecule has 2 atom stereocenters. The number of non-ortho nitro benzene ring substituents is 2. The van der Waals surface area contributed by atoms with Gasteiger partial charge in [0.05, 0.1) is 32.6 Å². The number of nitrogens with zero attached hydrogens (tertiary/aromatic N) is 2. The lowest BCUT2D eigenvalue weighted by Crippen LogP contribution is -2.18. The summed E-state index contributed by atoms with van der Waals surface area (Å²) in [5.41, 5.74) is 3.08. The van der Waals surface area contributed by atoms with Crippen molar-refractivity contribution in [3.8, 4) is 0 Å². The minimum atomic E-state index is -0.969. The maximum absolute atomic E-state index is 13.1. The van der Waals surface area contributed by atoms with Gasteiger partial charge in [0.1, 0.15) is 11.4 Å². The number of ether oxygens (including phenoxy) is 2. The van der Waals surface area contributed by atoms with Crippen LogP contribution in [-0.2, 0) is 19.1 Å². The highest BCUT2D eigenvalue weighted by molar-refractivity contribution is 6.07. The normalized spacial score (nSPS) is 20.0. The number of fused-ring (bicyclic) bond motifs is 2. The minimum Gasteiger partial charge on any atom is -0.461 e. The van der Waals surface area contributed by atoms with Gasteiger partial charge in [-0.25, -0.2) is 0 Å². The molecule has 3 aromatic rings. The van der Waals surface area contributed by atoms with Gasteiger partial charge in [-0.1, -0.05) is 24.3 Å². The highest BCUT2D eigenvalue weighted by Gasteiger charge is 2.41. The minimum absolute atomic E-state index is 0.107. The van der Waals surface area contributed by atoms with Gasteiger partial charge in [0.25, 0.3) is 11.4 Å². The van der Waals surface area contributed by atoms with Crippen molar-refractivity contribution in [1.82, 2.24) is 0 Å². The molecule has 4 aliphatic rings. The number of nitro groups is 2. The van der Waals surface area contributed by atoms with Crippen molar-refractivity contribution in [1.29, 1.82) is 0 Å². The van der Waals surface area contributed by atoms with Crippen LogP contribution in [0.1, 0.15) is 23.3 Å². The molecule has 0 aromatic heterocycles. The Balaban J connectivity index is 1.07. The topological polar surface area (TPSA) is 187 Å². The molecule has 198 valence electrons. The Bertz CT molecular complexity index is 1630. The number of hydrogen-bond donors (Lipinski definition) is 4. The first-order chi connectivity index (χ1) is 19.3. The lowest BCUT2D eigenvalue weighted by atomic mass is 9.99. The molecule has 14 nitrogen and oxygen atoms in total. The van der Waals surface area contributed by atoms with E-state index in [2.05, 4.69) is 21.3 Å². The van der Waals surface area contributed by atoms with Crippen LogP contribution in [0.15, 0.2) is 83.8 Å². The lowest BCUT2D eigenvalue weighted by molar-refractivity contribution is -0.385. The summed E-state index contributed by atoms with van der Waals surface area (Å²) in [6, 6.07) is 15.0. The van der Waals surface area contributed by atoms with Crippen molar-refractivity contribution in [3.63, 3.8) is 0 Å². The summed E-state index contributed by atoms with van der Waals surface area (Å²) in [4.78, 5) is 47.4. The van der Waals surface area contributed by atoms with Gasteiger partial charge < -0.3 is 30.7 Å². The van der Waals surface area contributed by atoms with Crippen LogP contribution in [0.5, 0.6) is 0 Å². The van der Waals surface area contributed by atoms with Gasteiger partial charge in [-0.3, -0.25) is 29.8 Å². The average Bonchev–Trinajstić information content (AvgIpc) is 3.45. The smallest absolute Gasteiger partial charge is 0.271 e. The maximum atomic E-state index is 13.1. The maximum Gasteiger partial charge on any atom is 0.271 e. The molecule has 4 heterocycles. The Kier molecular flexibility index (Phi) is 4.81. The molecule has 0 aliphatic carbocycles. The van der Waals surface area contributed by atoms with Crippen LogP contribution in [0.4, 0.5) is 34.1 Å². The van der Waals surface area contributed by atoms with Crippen molar-refractivity contribution >= 4 is 45.7 Å². The van der Waals surface area contributed by atoms with E-state index in [-0.39, 0.29) is 46.1 Å². The van der Waals surface area contributed by atoms with E-state index >= 15 is 0 Å². The summed E-state index contributed by atoms with van der Waals surface area (Å²) in [6.07, 6.45) is -1.94. The van der Waals surface area contributed by atoms with Gasteiger partial charge in [0.2, 0.25) is 23.3 Å². The van der Waals surface area contributed by atoms with E-state index in [9.17, 15) is 29.8 Å². The predicted octanol–water partition coefficient (Wildman–Crippen LogP) is 4.20. The summed E-state index contributed by atoms with van der Waals surface area (Å²) in [7, 11) is 0. The first-order valence-electron chi connectivity index (χ1n) is 11.9. The summed E-state index contributed by atoms with van der Waals surface area (Å²) in [5.74, 6) is -0.333. The molecule has 0 spiro atoms. The fraction of sp³-hybridized carbons (Fsp3) is 0.0769. The molecule has 14 heteroatoms. The molecular weight excluding hydrogens is 524 g/mol. The summed E-state index contributed by atoms with van der Waals surface area (Å²) < 4.78 is 11.7. The zero-order valence-electron chi connectivity index (χ0n) is 20.1. The highest BCUT2D eigenvalue weighted by Crippen LogP contribution is 2.43. The number of carbonyl (C=O) groups excluding carboxylic acids is 2. The van der Waals surface area contributed by atoms with E-state index in [1.165, 1.54) is 36.4 Å². The average molecular weight is 540 g/mol. The molecule has 7 rings (SSSR count). The van der Waals surface area contributed by atoms with E-state index in [4.69, 9.17) is 9.47 Å². The molecule has 4 N–H and O–H groups in total. The van der Waals surface area contributed by atoms with Crippen molar-refractivity contribution in [2.45, 2.75) is 12.2 Å². The molecule has 0 bridgehead atoms. The van der Waals surface area contributed by atoms with Gasteiger partial charge in [-0.2, -0.15) is 0 Å². The molecule has 0 fully saturated rings. The van der Waals surface area contributed by atoms with Crippen molar-refractivity contribution in [3.05, 3.63) is 115 Å². The number of ketones is 2. The monoisotopic (exact) mass is 540 g/mol. The predicted molar refractivity (Wildman–Crippen MR) is 139 cm³/mol. The Morgan fingerprint density at radius 1 is 0.575 bits per heavy atom. The number of hydrogen-bond acceptors (Lipinski definition) is 12. The van der Waals surface area contributed by atoms with Crippen LogP contribution >= 0.6 is 0 Å². The third-order valence-corrected chi connectivity index (χ3v) is 6.88. The van der Waals surface area contributed by atoms with Crippen LogP contribution in [0.25, 0.3) is 0 Å². The summed E-state index contributed by atoms with van der Waals surface area (Å²) >= 11 is 0. The second-order valence-electron chi connectivity index (χ2n) is 9.27. The van der Waals surface area contributed by atoms with Crippen LogP contribution in [-0.4, -0.2) is 21.4 Å². The molecule has 0 amide bonds. The van der Waals surface area contributed by atoms with Crippen LogP contribution in [0.2, 0.25) is 0 Å². The van der Waals surface area contributed by atoms with Crippen LogP contribution in [0, 0.1) is 20.2 Å². The number of nitro benzene ring substituents is 2. The number of nitrogens with one attached hydrogen (secondary N) is 4. The number of benzene rings is 3. The van der Waals surface area contributed by atoms with E-state index in [0.717, 1.165) is 0 Å². The Hall–Kier alpha value is -5.92. The SMILES string of the molecule is O=C1C2=C(Nc3cc([N+](=O)[O-])ccc3N2)O[C@H]1c1ccc([C@H]2OC3=C(Nc4ccc([N+](=O)[O-])cc4N3)C2=O)cc1. The van der Waals surface area contributed by atoms with E-state index < -0.39 is 22.1 Å². The third kappa shape index (κ3) is 3.50. The zero-order chi connectivity index (χ0) is 27.7.